The van der Waals surface area contributed by atoms with Gasteiger partial charge in [0, 0.05) is 13.1 Å². The van der Waals surface area contributed by atoms with E-state index in [1.165, 1.54) is 12.1 Å². The Hall–Kier alpha value is -1.08. The van der Waals surface area contributed by atoms with Gasteiger partial charge < -0.3 is 5.32 Å². The Morgan fingerprint density at radius 3 is 2.55 bits per heavy atom. The first-order valence-corrected chi connectivity index (χ1v) is 8.81. The summed E-state index contributed by atoms with van der Waals surface area (Å²) in [7, 11) is -5.26. The number of nitrogens with one attached hydrogen (secondary N) is 1. The molecule has 1 N–H and O–H groups in total. The normalized spacial score (nSPS) is 24.4. The van der Waals surface area contributed by atoms with E-state index in [1.807, 2.05) is 0 Å². The molecule has 1 aromatic carbocycles. The van der Waals surface area contributed by atoms with Crippen LogP contribution in [-0.2, 0) is 16.3 Å². The number of benzene rings is 1. The van der Waals surface area contributed by atoms with Gasteiger partial charge in [-0.2, -0.15) is 13.2 Å². The first kappa shape index (κ1) is 15.8. The van der Waals surface area contributed by atoms with Crippen LogP contribution in [0.5, 0.6) is 0 Å². The molecule has 0 aromatic heterocycles. The van der Waals surface area contributed by atoms with Crippen molar-refractivity contribution < 1.29 is 21.6 Å². The largest absolute Gasteiger partial charge is 0.501 e. The van der Waals surface area contributed by atoms with E-state index in [1.54, 1.807) is 6.07 Å². The maximum Gasteiger partial charge on any atom is 0.501 e. The molecule has 0 amide bonds. The fourth-order valence-electron chi connectivity index (χ4n) is 3.61. The Balaban J connectivity index is 1.75. The summed E-state index contributed by atoms with van der Waals surface area (Å²) < 4.78 is 60.8. The summed E-state index contributed by atoms with van der Waals surface area (Å²) in [5.74, 6) is 0.422. The van der Waals surface area contributed by atoms with Gasteiger partial charge in [0.05, 0.1) is 4.90 Å². The SMILES string of the molecule is O=S(=O)(c1cccc(C[C@@H]2CCC3(CNC3)C2)c1)C(F)(F)F. The minimum Gasteiger partial charge on any atom is -0.316 e. The number of halogens is 3. The van der Waals surface area contributed by atoms with Gasteiger partial charge in [-0.1, -0.05) is 12.1 Å². The lowest BCUT2D eigenvalue weighted by Gasteiger charge is -2.39. The second-order valence-corrected chi connectivity index (χ2v) is 8.45. The van der Waals surface area contributed by atoms with Crippen LogP contribution in [0.2, 0.25) is 0 Å². The Morgan fingerprint density at radius 2 is 2.00 bits per heavy atom. The van der Waals surface area contributed by atoms with Crippen molar-refractivity contribution in [2.24, 2.45) is 11.3 Å². The zero-order valence-electron chi connectivity index (χ0n) is 12.0. The zero-order chi connectivity index (χ0) is 16.0. The Morgan fingerprint density at radius 1 is 1.27 bits per heavy atom. The maximum atomic E-state index is 12.6. The monoisotopic (exact) mass is 333 g/mol. The first-order chi connectivity index (χ1) is 10.2. The van der Waals surface area contributed by atoms with Crippen molar-refractivity contribution in [3.8, 4) is 0 Å². The highest BCUT2D eigenvalue weighted by Crippen LogP contribution is 2.45. The number of hydrogen-bond donors (Lipinski definition) is 1. The van der Waals surface area contributed by atoms with Crippen LogP contribution < -0.4 is 5.32 Å². The molecule has 22 heavy (non-hydrogen) atoms. The molecule has 1 atom stereocenters. The molecule has 0 radical (unpaired) electrons. The molecule has 1 spiro atoms. The smallest absolute Gasteiger partial charge is 0.316 e. The van der Waals surface area contributed by atoms with E-state index in [4.69, 9.17) is 0 Å². The van der Waals surface area contributed by atoms with E-state index in [0.717, 1.165) is 38.4 Å². The number of rotatable bonds is 3. The Kier molecular flexibility index (Phi) is 3.76. The van der Waals surface area contributed by atoms with Gasteiger partial charge in [-0.15, -0.1) is 0 Å². The summed E-state index contributed by atoms with van der Waals surface area (Å²) >= 11 is 0. The van der Waals surface area contributed by atoms with Crippen molar-refractivity contribution in [1.82, 2.24) is 5.32 Å². The Labute approximate surface area is 127 Å². The van der Waals surface area contributed by atoms with Gasteiger partial charge in [-0.05, 0) is 54.7 Å². The van der Waals surface area contributed by atoms with Crippen LogP contribution in [-0.4, -0.2) is 27.0 Å². The van der Waals surface area contributed by atoms with Crippen LogP contribution in [0.1, 0.15) is 24.8 Å². The quantitative estimate of drug-likeness (QED) is 0.925. The molecule has 1 heterocycles. The summed E-state index contributed by atoms with van der Waals surface area (Å²) in [5.41, 5.74) is -4.21. The zero-order valence-corrected chi connectivity index (χ0v) is 12.8. The average molecular weight is 333 g/mol. The van der Waals surface area contributed by atoms with Crippen molar-refractivity contribution in [3.05, 3.63) is 29.8 Å². The second kappa shape index (κ2) is 5.23. The minimum absolute atomic E-state index is 0.375. The lowest BCUT2D eigenvalue weighted by molar-refractivity contribution is -0.0436. The molecule has 3 nitrogen and oxygen atoms in total. The van der Waals surface area contributed by atoms with Crippen LogP contribution in [0.25, 0.3) is 0 Å². The van der Waals surface area contributed by atoms with Crippen LogP contribution in [0, 0.1) is 11.3 Å². The van der Waals surface area contributed by atoms with Gasteiger partial charge in [0.2, 0.25) is 0 Å². The highest BCUT2D eigenvalue weighted by Gasteiger charge is 2.47. The van der Waals surface area contributed by atoms with Gasteiger partial charge in [-0.25, -0.2) is 8.42 Å². The van der Waals surface area contributed by atoms with Gasteiger partial charge in [0.1, 0.15) is 0 Å². The molecular formula is C15H18F3NO2S. The lowest BCUT2D eigenvalue weighted by Crippen LogP contribution is -2.51. The molecule has 1 aromatic rings. The number of alkyl halides is 3. The van der Waals surface area contributed by atoms with E-state index in [2.05, 4.69) is 5.32 Å². The third-order valence-corrected chi connectivity index (χ3v) is 6.33. The standard InChI is InChI=1S/C15H18F3NO2S/c16-15(17,18)22(20,21)13-3-1-2-11(7-13)6-12-4-5-14(8-12)9-19-10-14/h1-3,7,12,19H,4-6,8-10H2/t12-/m0/s1. The van der Waals surface area contributed by atoms with Crippen LogP contribution in [0.15, 0.2) is 29.2 Å². The predicted octanol–water partition coefficient (Wildman–Crippen LogP) is 2.91. The summed E-state index contributed by atoms with van der Waals surface area (Å²) in [6, 6.07) is 5.29. The minimum atomic E-state index is -5.26. The molecule has 1 aliphatic heterocycles. The van der Waals surface area contributed by atoms with Gasteiger partial charge >= 0.3 is 5.51 Å². The van der Waals surface area contributed by atoms with E-state index in [0.29, 0.717) is 23.3 Å². The van der Waals surface area contributed by atoms with Gasteiger partial charge in [0.25, 0.3) is 9.84 Å². The lowest BCUT2D eigenvalue weighted by atomic mass is 9.79. The molecule has 1 saturated heterocycles. The highest BCUT2D eigenvalue weighted by molar-refractivity contribution is 7.92. The Bertz CT molecular complexity index is 666. The van der Waals surface area contributed by atoms with Crippen molar-refractivity contribution in [2.45, 2.75) is 36.1 Å². The van der Waals surface area contributed by atoms with E-state index in [-0.39, 0.29) is 0 Å². The van der Waals surface area contributed by atoms with Crippen molar-refractivity contribution in [1.29, 1.82) is 0 Å². The molecule has 0 bridgehead atoms. The third-order valence-electron chi connectivity index (χ3n) is 4.84. The number of sulfone groups is 1. The number of hydrogen-bond acceptors (Lipinski definition) is 3. The topological polar surface area (TPSA) is 46.2 Å². The van der Waals surface area contributed by atoms with Gasteiger partial charge in [-0.3, -0.25) is 0 Å². The molecule has 3 rings (SSSR count). The fourth-order valence-corrected chi connectivity index (χ4v) is 4.44. The summed E-state index contributed by atoms with van der Waals surface area (Å²) in [4.78, 5) is -0.657. The van der Waals surface area contributed by atoms with E-state index < -0.39 is 20.2 Å². The molecule has 2 aliphatic rings. The molecule has 1 saturated carbocycles. The molecule has 7 heteroatoms. The van der Waals surface area contributed by atoms with E-state index in [9.17, 15) is 21.6 Å². The second-order valence-electron chi connectivity index (χ2n) is 6.51. The molecule has 0 unspecified atom stereocenters. The predicted molar refractivity (Wildman–Crippen MR) is 76.0 cm³/mol. The highest BCUT2D eigenvalue weighted by atomic mass is 32.2. The van der Waals surface area contributed by atoms with E-state index >= 15 is 0 Å². The van der Waals surface area contributed by atoms with Gasteiger partial charge in [0.15, 0.2) is 0 Å². The van der Waals surface area contributed by atoms with Crippen LogP contribution in [0.4, 0.5) is 13.2 Å². The summed E-state index contributed by atoms with van der Waals surface area (Å²) in [6.45, 7) is 2.04. The molecular weight excluding hydrogens is 315 g/mol. The van der Waals surface area contributed by atoms with Crippen molar-refractivity contribution in [3.63, 3.8) is 0 Å². The molecule has 1 aliphatic carbocycles. The van der Waals surface area contributed by atoms with Crippen LogP contribution >= 0.6 is 0 Å². The average Bonchev–Trinajstić information content (AvgIpc) is 2.82. The van der Waals surface area contributed by atoms with Crippen molar-refractivity contribution in [2.75, 3.05) is 13.1 Å². The maximum absolute atomic E-state index is 12.6. The first-order valence-electron chi connectivity index (χ1n) is 7.33. The van der Waals surface area contributed by atoms with Crippen LogP contribution in [0.3, 0.4) is 0 Å². The summed E-state index contributed by atoms with van der Waals surface area (Å²) in [6.07, 6.45) is 3.91. The fraction of sp³-hybridized carbons (Fsp3) is 0.600. The molecule has 2 fully saturated rings. The molecule has 122 valence electrons. The van der Waals surface area contributed by atoms with Crippen molar-refractivity contribution >= 4 is 9.84 Å². The third kappa shape index (κ3) is 2.76. The summed E-state index contributed by atoms with van der Waals surface area (Å²) in [5, 5.41) is 3.27.